The number of carbonyl (C=O) groups is 2. The van der Waals surface area contributed by atoms with E-state index in [0.717, 1.165) is 33.5 Å². The van der Waals surface area contributed by atoms with Gasteiger partial charge in [-0.05, 0) is 61.1 Å². The van der Waals surface area contributed by atoms with Crippen molar-refractivity contribution < 1.29 is 9.59 Å². The second-order valence-corrected chi connectivity index (χ2v) is 9.80. The van der Waals surface area contributed by atoms with E-state index in [2.05, 4.69) is 32.2 Å². The van der Waals surface area contributed by atoms with Crippen LogP contribution in [0.15, 0.2) is 72.4 Å². The molecule has 0 saturated carbocycles. The molecular formula is C29H30N2O2. The molecule has 33 heavy (non-hydrogen) atoms. The Hall–Kier alpha value is -3.66. The highest BCUT2D eigenvalue weighted by Gasteiger charge is 2.40. The molecule has 168 valence electrons. The Morgan fingerprint density at radius 2 is 1.33 bits per heavy atom. The predicted molar refractivity (Wildman–Crippen MR) is 135 cm³/mol. The molecule has 4 heteroatoms. The number of aryl methyl sites for hydroxylation is 3. The third-order valence-electron chi connectivity index (χ3n) is 6.06. The summed E-state index contributed by atoms with van der Waals surface area (Å²) < 4.78 is 0. The van der Waals surface area contributed by atoms with Gasteiger partial charge in [-0.15, -0.1) is 0 Å². The second kappa shape index (κ2) is 8.36. The van der Waals surface area contributed by atoms with E-state index >= 15 is 0 Å². The number of nitrogens with one attached hydrogen (secondary N) is 1. The van der Waals surface area contributed by atoms with Crippen LogP contribution in [-0.2, 0) is 15.0 Å². The van der Waals surface area contributed by atoms with Crippen molar-refractivity contribution in [3.63, 3.8) is 0 Å². The smallest absolute Gasteiger partial charge is 0.282 e. The van der Waals surface area contributed by atoms with Crippen molar-refractivity contribution >= 4 is 28.8 Å². The van der Waals surface area contributed by atoms with Gasteiger partial charge in [0.15, 0.2) is 0 Å². The van der Waals surface area contributed by atoms with Crippen LogP contribution in [0.25, 0.3) is 5.57 Å². The average Bonchev–Trinajstić information content (AvgIpc) is 2.99. The molecule has 3 aromatic carbocycles. The van der Waals surface area contributed by atoms with Gasteiger partial charge in [0.1, 0.15) is 5.70 Å². The van der Waals surface area contributed by atoms with Gasteiger partial charge in [-0.1, -0.05) is 80.4 Å². The monoisotopic (exact) mass is 438 g/mol. The van der Waals surface area contributed by atoms with Crippen molar-refractivity contribution in [3.05, 3.63) is 100 Å². The standard InChI is InChI=1S/C29H30N2O2/c1-18-7-10-21(11-8-18)25-26(30-24-16-9-19(2)17-20(24)3)28(33)31(27(25)32)23-14-12-22(13-15-23)29(4,5)6/h7-17,30H,1-6H3. The van der Waals surface area contributed by atoms with E-state index in [9.17, 15) is 9.59 Å². The molecule has 4 nitrogen and oxygen atoms in total. The molecule has 0 saturated heterocycles. The van der Waals surface area contributed by atoms with Gasteiger partial charge in [0.25, 0.3) is 11.8 Å². The molecular weight excluding hydrogens is 408 g/mol. The summed E-state index contributed by atoms with van der Waals surface area (Å²) in [7, 11) is 0. The van der Waals surface area contributed by atoms with E-state index < -0.39 is 0 Å². The minimum Gasteiger partial charge on any atom is -0.350 e. The van der Waals surface area contributed by atoms with Crippen LogP contribution in [0, 0.1) is 20.8 Å². The number of imide groups is 1. The van der Waals surface area contributed by atoms with Crippen LogP contribution in [0.2, 0.25) is 0 Å². The summed E-state index contributed by atoms with van der Waals surface area (Å²) >= 11 is 0. The summed E-state index contributed by atoms with van der Waals surface area (Å²) in [6.45, 7) is 12.4. The lowest BCUT2D eigenvalue weighted by Gasteiger charge is -2.21. The number of carbonyl (C=O) groups excluding carboxylic acids is 2. The molecule has 0 fully saturated rings. The molecule has 0 atom stereocenters. The molecule has 4 rings (SSSR count). The van der Waals surface area contributed by atoms with Crippen molar-refractivity contribution in [2.45, 2.75) is 47.0 Å². The number of hydrogen-bond acceptors (Lipinski definition) is 3. The topological polar surface area (TPSA) is 49.4 Å². The fraction of sp³-hybridized carbons (Fsp3) is 0.241. The molecule has 0 unspecified atom stereocenters. The summed E-state index contributed by atoms with van der Waals surface area (Å²) in [6.07, 6.45) is 0. The zero-order valence-corrected chi connectivity index (χ0v) is 20.1. The zero-order valence-electron chi connectivity index (χ0n) is 20.1. The van der Waals surface area contributed by atoms with Gasteiger partial charge in [-0.3, -0.25) is 9.59 Å². The second-order valence-electron chi connectivity index (χ2n) is 9.80. The maximum Gasteiger partial charge on any atom is 0.282 e. The highest BCUT2D eigenvalue weighted by Crippen LogP contribution is 2.35. The Bertz CT molecular complexity index is 1260. The van der Waals surface area contributed by atoms with Crippen molar-refractivity contribution in [3.8, 4) is 0 Å². The molecule has 0 bridgehead atoms. The number of nitrogens with zero attached hydrogens (tertiary/aromatic N) is 1. The van der Waals surface area contributed by atoms with Gasteiger partial charge in [0.05, 0.1) is 11.3 Å². The lowest BCUT2D eigenvalue weighted by Crippen LogP contribution is -2.32. The summed E-state index contributed by atoms with van der Waals surface area (Å²) in [5, 5.41) is 3.28. The van der Waals surface area contributed by atoms with Crippen molar-refractivity contribution in [2.24, 2.45) is 0 Å². The van der Waals surface area contributed by atoms with Gasteiger partial charge in [-0.25, -0.2) is 4.90 Å². The predicted octanol–water partition coefficient (Wildman–Crippen LogP) is 6.31. The van der Waals surface area contributed by atoms with Crippen LogP contribution < -0.4 is 10.2 Å². The molecule has 1 aliphatic heterocycles. The van der Waals surface area contributed by atoms with Gasteiger partial charge in [-0.2, -0.15) is 0 Å². The fourth-order valence-corrected chi connectivity index (χ4v) is 4.07. The lowest BCUT2D eigenvalue weighted by atomic mass is 9.87. The quantitative estimate of drug-likeness (QED) is 0.486. The Morgan fingerprint density at radius 3 is 1.91 bits per heavy atom. The normalized spacial score (nSPS) is 14.3. The van der Waals surface area contributed by atoms with Gasteiger partial charge in [0, 0.05) is 5.69 Å². The molecule has 0 radical (unpaired) electrons. The molecule has 0 spiro atoms. The van der Waals surface area contributed by atoms with Gasteiger partial charge < -0.3 is 5.32 Å². The molecule has 1 N–H and O–H groups in total. The molecule has 1 heterocycles. The molecule has 0 aliphatic carbocycles. The van der Waals surface area contributed by atoms with Crippen LogP contribution in [0.3, 0.4) is 0 Å². The molecule has 0 aromatic heterocycles. The van der Waals surface area contributed by atoms with E-state index in [1.54, 1.807) is 0 Å². The van der Waals surface area contributed by atoms with E-state index in [1.165, 1.54) is 4.90 Å². The Kier molecular flexibility index (Phi) is 5.71. The maximum atomic E-state index is 13.6. The van der Waals surface area contributed by atoms with Crippen LogP contribution >= 0.6 is 0 Å². The summed E-state index contributed by atoms with van der Waals surface area (Å²) in [4.78, 5) is 28.5. The Morgan fingerprint density at radius 1 is 0.727 bits per heavy atom. The molecule has 1 aliphatic rings. The van der Waals surface area contributed by atoms with Crippen molar-refractivity contribution in [1.82, 2.24) is 0 Å². The minimum absolute atomic E-state index is 0.0153. The van der Waals surface area contributed by atoms with E-state index in [-0.39, 0.29) is 17.2 Å². The van der Waals surface area contributed by atoms with E-state index in [4.69, 9.17) is 0 Å². The van der Waals surface area contributed by atoms with E-state index in [1.807, 2.05) is 81.4 Å². The first-order valence-electron chi connectivity index (χ1n) is 11.2. The van der Waals surface area contributed by atoms with Crippen LogP contribution in [-0.4, -0.2) is 11.8 Å². The third-order valence-corrected chi connectivity index (χ3v) is 6.06. The molecule has 3 aromatic rings. The maximum absolute atomic E-state index is 13.6. The summed E-state index contributed by atoms with van der Waals surface area (Å²) in [5.41, 5.74) is 7.17. The first-order valence-corrected chi connectivity index (χ1v) is 11.2. The van der Waals surface area contributed by atoms with Gasteiger partial charge in [0.2, 0.25) is 0 Å². The average molecular weight is 439 g/mol. The fourth-order valence-electron chi connectivity index (χ4n) is 4.07. The largest absolute Gasteiger partial charge is 0.350 e. The SMILES string of the molecule is Cc1ccc(C2=C(Nc3ccc(C)cc3C)C(=O)N(c3ccc(C(C)(C)C)cc3)C2=O)cc1. The van der Waals surface area contributed by atoms with Crippen LogP contribution in [0.1, 0.15) is 48.6 Å². The Balaban J connectivity index is 1.79. The van der Waals surface area contributed by atoms with Crippen molar-refractivity contribution in [2.75, 3.05) is 10.2 Å². The number of hydrogen-bond donors (Lipinski definition) is 1. The Labute approximate surface area is 195 Å². The molecule has 2 amide bonds. The van der Waals surface area contributed by atoms with E-state index in [0.29, 0.717) is 17.0 Å². The van der Waals surface area contributed by atoms with Crippen LogP contribution in [0.5, 0.6) is 0 Å². The summed E-state index contributed by atoms with van der Waals surface area (Å²) in [6, 6.07) is 21.4. The number of rotatable bonds is 4. The van der Waals surface area contributed by atoms with Gasteiger partial charge >= 0.3 is 0 Å². The minimum atomic E-state index is -0.348. The first-order chi connectivity index (χ1) is 15.6. The first kappa shape index (κ1) is 22.5. The third kappa shape index (κ3) is 4.34. The summed E-state index contributed by atoms with van der Waals surface area (Å²) in [5.74, 6) is -0.668. The van der Waals surface area contributed by atoms with Crippen LogP contribution in [0.4, 0.5) is 11.4 Å². The number of amides is 2. The highest BCUT2D eigenvalue weighted by atomic mass is 16.2. The number of anilines is 2. The number of benzene rings is 3. The lowest BCUT2D eigenvalue weighted by molar-refractivity contribution is -0.120. The highest BCUT2D eigenvalue weighted by molar-refractivity contribution is 6.46. The zero-order chi connectivity index (χ0) is 23.9. The van der Waals surface area contributed by atoms with Crippen molar-refractivity contribution in [1.29, 1.82) is 0 Å².